The van der Waals surface area contributed by atoms with Crippen molar-refractivity contribution in [3.05, 3.63) is 29.8 Å². The molecule has 3 N–H and O–H groups in total. The lowest BCUT2D eigenvalue weighted by atomic mass is 10.1. The van der Waals surface area contributed by atoms with E-state index in [9.17, 15) is 19.2 Å². The molecular weight excluding hydrogens is 762 g/mol. The number of benzene rings is 1. The first-order valence-electron chi connectivity index (χ1n) is 18.5. The highest BCUT2D eigenvalue weighted by atomic mass is 79.9. The van der Waals surface area contributed by atoms with Gasteiger partial charge in [-0.1, -0.05) is 35.2 Å². The van der Waals surface area contributed by atoms with Crippen molar-refractivity contribution < 1.29 is 42.9 Å². The molecule has 306 valence electrons. The molecule has 1 rings (SSSR count). The second-order valence-corrected chi connectivity index (χ2v) is 17.5. The molecule has 0 aliphatic rings. The number of imide groups is 1. The van der Waals surface area contributed by atoms with Gasteiger partial charge >= 0.3 is 24.4 Å². The number of carbonyl (C=O) groups is 4. The fraction of sp³-hybridized carbons (Fsp3) is 0.692. The summed E-state index contributed by atoms with van der Waals surface area (Å²) < 4.78 is 28.0. The third-order valence-corrected chi connectivity index (χ3v) is 7.18. The average molecular weight is 827 g/mol. The molecule has 0 saturated heterocycles. The first-order chi connectivity index (χ1) is 24.8. The molecule has 1 aromatic carbocycles. The summed E-state index contributed by atoms with van der Waals surface area (Å²) in [6.45, 7) is 21.1. The number of amidine groups is 2. The van der Waals surface area contributed by atoms with Crippen molar-refractivity contribution in [1.29, 1.82) is 5.41 Å². The predicted octanol–water partition coefficient (Wildman–Crippen LogP) is 9.51. The van der Waals surface area contributed by atoms with Crippen LogP contribution < -0.4 is 15.4 Å². The Morgan fingerprint density at radius 1 is 0.704 bits per heavy atom. The minimum Gasteiger partial charge on any atom is -0.494 e. The van der Waals surface area contributed by atoms with Gasteiger partial charge in [-0.05, 0) is 133 Å². The maximum absolute atomic E-state index is 13.7. The molecule has 0 fully saturated rings. The predicted molar refractivity (Wildman–Crippen MR) is 214 cm³/mol. The fourth-order valence-corrected chi connectivity index (χ4v) is 4.92. The Hall–Kier alpha value is -3.88. The Bertz CT molecular complexity index is 1380. The minimum absolute atomic E-state index is 0.0104. The summed E-state index contributed by atoms with van der Waals surface area (Å²) in [4.78, 5) is 58.2. The molecule has 15 heteroatoms. The lowest BCUT2D eigenvalue weighted by Gasteiger charge is -2.32. The molecule has 0 spiro atoms. The maximum Gasteiger partial charge on any atom is 0.425 e. The molecule has 0 aliphatic carbocycles. The van der Waals surface area contributed by atoms with E-state index in [1.54, 1.807) is 107 Å². The normalized spacial score (nSPS) is 12.9. The zero-order valence-electron chi connectivity index (χ0n) is 34.4. The third kappa shape index (κ3) is 21.7. The van der Waals surface area contributed by atoms with Crippen molar-refractivity contribution >= 4 is 52.0 Å². The number of ether oxygens (including phenoxy) is 5. The zero-order valence-corrected chi connectivity index (χ0v) is 36.0. The van der Waals surface area contributed by atoms with Gasteiger partial charge in [-0.3, -0.25) is 15.7 Å². The first-order valence-corrected chi connectivity index (χ1v) is 19.6. The van der Waals surface area contributed by atoms with Crippen LogP contribution in [0.1, 0.15) is 134 Å². The van der Waals surface area contributed by atoms with Gasteiger partial charge in [0.15, 0.2) is 0 Å². The summed E-state index contributed by atoms with van der Waals surface area (Å²) in [6, 6.07) is 5.82. The molecule has 14 nitrogen and oxygen atoms in total. The second-order valence-electron chi connectivity index (χ2n) is 16.7. The quantitative estimate of drug-likeness (QED) is 0.0511. The molecule has 1 aromatic rings. The molecule has 54 heavy (non-hydrogen) atoms. The number of unbranched alkanes of at least 4 members (excludes halogenated alkanes) is 4. The monoisotopic (exact) mass is 825 g/mol. The van der Waals surface area contributed by atoms with Crippen LogP contribution in [-0.4, -0.2) is 87.9 Å². The highest BCUT2D eigenvalue weighted by Crippen LogP contribution is 2.20. The Kier molecular flexibility index (Phi) is 19.5. The van der Waals surface area contributed by atoms with Crippen LogP contribution >= 0.6 is 15.9 Å². The standard InChI is InChI=1S/C39H64BrN5O9/c1-36(2,3)51-32(46)43-29(19-15-13-14-16-24-40)31(45(34(48)53-38(7,8)9)35(49)54-39(10,11)12)42-25-17-18-26-50-28-22-20-27(21-23-28)30(41)44-33(47)52-37(4,5)6/h20-23,29H,13-19,24-26H2,1-12H3,(H,43,46)(H2,41,44,47). The maximum atomic E-state index is 13.7. The number of nitrogens with zero attached hydrogens (tertiary/aromatic N) is 2. The van der Waals surface area contributed by atoms with Gasteiger partial charge in [0.05, 0.1) is 12.6 Å². The number of carbonyl (C=O) groups excluding carboxylic acids is 4. The summed E-state index contributed by atoms with van der Waals surface area (Å²) in [7, 11) is 0. The SMILES string of the molecule is CC(C)(C)OC(=O)NC(=N)c1ccc(OCCCCN=C(C(CCCCCCBr)NC(=O)OC(C)(C)C)N(C(=O)OC(C)(C)C)C(=O)OC(C)(C)C)cc1. The molecular formula is C39H64BrN5O9. The zero-order chi connectivity index (χ0) is 41.3. The van der Waals surface area contributed by atoms with Crippen LogP contribution in [0, 0.1) is 5.41 Å². The summed E-state index contributed by atoms with van der Waals surface area (Å²) in [5, 5.41) is 14.3. The molecule has 0 heterocycles. The number of halogens is 1. The van der Waals surface area contributed by atoms with Crippen molar-refractivity contribution in [1.82, 2.24) is 15.5 Å². The minimum atomic E-state index is -0.980. The van der Waals surface area contributed by atoms with Gasteiger partial charge in [-0.25, -0.2) is 19.2 Å². The van der Waals surface area contributed by atoms with Crippen LogP contribution in [0.3, 0.4) is 0 Å². The number of alkyl halides is 1. The fourth-order valence-electron chi connectivity index (χ4n) is 4.52. The van der Waals surface area contributed by atoms with Crippen molar-refractivity contribution in [2.24, 2.45) is 4.99 Å². The van der Waals surface area contributed by atoms with E-state index in [0.29, 0.717) is 43.6 Å². The van der Waals surface area contributed by atoms with Crippen molar-refractivity contribution in [3.63, 3.8) is 0 Å². The number of rotatable bonds is 15. The van der Waals surface area contributed by atoms with E-state index >= 15 is 0 Å². The number of alkyl carbamates (subject to hydrolysis) is 2. The van der Waals surface area contributed by atoms with Crippen LogP contribution in [0.5, 0.6) is 5.75 Å². The van der Waals surface area contributed by atoms with Gasteiger partial charge in [0.1, 0.15) is 39.8 Å². The van der Waals surface area contributed by atoms with Gasteiger partial charge in [-0.15, -0.1) is 0 Å². The summed E-state index contributed by atoms with van der Waals surface area (Å²) in [5.74, 6) is 0.453. The van der Waals surface area contributed by atoms with E-state index in [1.807, 2.05) is 0 Å². The van der Waals surface area contributed by atoms with E-state index in [1.165, 1.54) is 0 Å². The van der Waals surface area contributed by atoms with Crippen LogP contribution in [0.15, 0.2) is 29.3 Å². The van der Waals surface area contributed by atoms with Crippen molar-refractivity contribution in [2.45, 2.75) is 156 Å². The lowest BCUT2D eigenvalue weighted by Crippen LogP contribution is -2.55. The van der Waals surface area contributed by atoms with Crippen LogP contribution in [0.25, 0.3) is 0 Å². The Labute approximate surface area is 330 Å². The average Bonchev–Trinajstić information content (AvgIpc) is 2.98. The first kappa shape index (κ1) is 48.1. The topological polar surface area (TPSA) is 178 Å². The Morgan fingerprint density at radius 3 is 1.70 bits per heavy atom. The number of amides is 4. The van der Waals surface area contributed by atoms with E-state index in [-0.39, 0.29) is 18.2 Å². The van der Waals surface area contributed by atoms with E-state index in [0.717, 1.165) is 29.5 Å². The van der Waals surface area contributed by atoms with Crippen LogP contribution in [0.2, 0.25) is 0 Å². The molecule has 0 aliphatic heterocycles. The highest BCUT2D eigenvalue weighted by molar-refractivity contribution is 9.09. The number of hydrogen-bond donors (Lipinski definition) is 3. The second kappa shape index (κ2) is 21.9. The van der Waals surface area contributed by atoms with E-state index in [2.05, 4.69) is 26.6 Å². The summed E-state index contributed by atoms with van der Waals surface area (Å²) in [6.07, 6.45) is 1.50. The van der Waals surface area contributed by atoms with Gasteiger partial charge in [0.2, 0.25) is 0 Å². The molecule has 1 atom stereocenters. The summed E-state index contributed by atoms with van der Waals surface area (Å²) in [5.41, 5.74) is -2.90. The lowest BCUT2D eigenvalue weighted by molar-refractivity contribution is 0.0133. The number of nitrogens with one attached hydrogen (secondary N) is 3. The number of aliphatic imine (C=N–C) groups is 1. The van der Waals surface area contributed by atoms with Crippen LogP contribution in [0.4, 0.5) is 19.2 Å². The molecule has 4 amide bonds. The Balaban J connectivity index is 3.28. The van der Waals surface area contributed by atoms with Crippen molar-refractivity contribution in [3.8, 4) is 5.75 Å². The third-order valence-electron chi connectivity index (χ3n) is 6.62. The van der Waals surface area contributed by atoms with Gasteiger partial charge < -0.3 is 29.0 Å². The van der Waals surface area contributed by atoms with E-state index in [4.69, 9.17) is 34.1 Å². The van der Waals surface area contributed by atoms with Crippen molar-refractivity contribution in [2.75, 3.05) is 18.5 Å². The molecule has 0 radical (unpaired) electrons. The largest absolute Gasteiger partial charge is 0.494 e. The molecule has 0 saturated carbocycles. The Morgan fingerprint density at radius 2 is 1.20 bits per heavy atom. The van der Waals surface area contributed by atoms with E-state index < -0.39 is 52.8 Å². The summed E-state index contributed by atoms with van der Waals surface area (Å²) >= 11 is 3.46. The molecule has 0 bridgehead atoms. The highest BCUT2D eigenvalue weighted by Gasteiger charge is 2.39. The van der Waals surface area contributed by atoms with Gasteiger partial charge in [0, 0.05) is 17.4 Å². The van der Waals surface area contributed by atoms with Crippen LogP contribution in [-0.2, 0) is 18.9 Å². The number of hydrogen-bond acceptors (Lipinski definition) is 11. The smallest absolute Gasteiger partial charge is 0.425 e. The van der Waals surface area contributed by atoms with Gasteiger partial charge in [0.25, 0.3) is 0 Å². The van der Waals surface area contributed by atoms with Gasteiger partial charge in [-0.2, -0.15) is 4.90 Å². The molecule has 1 unspecified atom stereocenters. The molecule has 0 aromatic heterocycles.